The number of nitrogens with zero attached hydrogens (tertiary/aromatic N) is 1. The molecule has 3 rings (SSSR count). The second-order valence-electron chi connectivity index (χ2n) is 5.13. The summed E-state index contributed by atoms with van der Waals surface area (Å²) >= 11 is 0. The maximum atomic E-state index is 13.2. The number of hydrogen-bond acceptors (Lipinski definition) is 3. The Balaban J connectivity index is 1.92. The van der Waals surface area contributed by atoms with Gasteiger partial charge < -0.3 is 15.4 Å². The van der Waals surface area contributed by atoms with Gasteiger partial charge >= 0.3 is 0 Å². The lowest BCUT2D eigenvalue weighted by molar-refractivity contribution is 0.00743. The maximum absolute atomic E-state index is 13.2. The lowest BCUT2D eigenvalue weighted by Gasteiger charge is -2.39. The lowest BCUT2D eigenvalue weighted by Crippen LogP contribution is -2.50. The van der Waals surface area contributed by atoms with Crippen LogP contribution in [-0.2, 0) is 0 Å². The lowest BCUT2D eigenvalue weighted by atomic mass is 9.83. The number of likely N-dealkylation sites (tertiary alicyclic amines) is 1. The van der Waals surface area contributed by atoms with Gasteiger partial charge in [0.25, 0.3) is 0 Å². The second kappa shape index (κ2) is 3.68. The summed E-state index contributed by atoms with van der Waals surface area (Å²) in [5.74, 6) is 0.364. The molecule has 17 heavy (non-hydrogen) atoms. The SMILES string of the molecule is CN1CCC2(CC1)Oc1cc(F)ccc1[C@@H]2N. The van der Waals surface area contributed by atoms with E-state index in [0.717, 1.165) is 31.5 Å². The zero-order valence-corrected chi connectivity index (χ0v) is 9.95. The molecule has 0 radical (unpaired) electrons. The van der Waals surface area contributed by atoms with Crippen molar-refractivity contribution in [2.45, 2.75) is 24.5 Å². The Bertz CT molecular complexity index is 441. The van der Waals surface area contributed by atoms with Crippen molar-refractivity contribution < 1.29 is 9.13 Å². The maximum Gasteiger partial charge on any atom is 0.131 e. The Labute approximate surface area is 100 Å². The molecule has 2 aliphatic heterocycles. The van der Waals surface area contributed by atoms with E-state index in [1.807, 2.05) is 0 Å². The summed E-state index contributed by atoms with van der Waals surface area (Å²) in [4.78, 5) is 2.27. The Kier molecular flexibility index (Phi) is 2.38. The second-order valence-corrected chi connectivity index (χ2v) is 5.13. The highest BCUT2D eigenvalue weighted by atomic mass is 19.1. The van der Waals surface area contributed by atoms with Crippen LogP contribution in [0.2, 0.25) is 0 Å². The third kappa shape index (κ3) is 1.63. The molecule has 92 valence electrons. The van der Waals surface area contributed by atoms with E-state index in [2.05, 4.69) is 11.9 Å². The minimum Gasteiger partial charge on any atom is -0.485 e. The highest BCUT2D eigenvalue weighted by molar-refractivity contribution is 5.43. The average molecular weight is 236 g/mol. The Morgan fingerprint density at radius 2 is 2.12 bits per heavy atom. The van der Waals surface area contributed by atoms with Gasteiger partial charge in [-0.05, 0) is 13.1 Å². The minimum absolute atomic E-state index is 0.133. The molecular weight excluding hydrogens is 219 g/mol. The molecule has 1 saturated heterocycles. The largest absolute Gasteiger partial charge is 0.485 e. The van der Waals surface area contributed by atoms with E-state index in [0.29, 0.717) is 5.75 Å². The number of hydrogen-bond donors (Lipinski definition) is 1. The summed E-state index contributed by atoms with van der Waals surface area (Å²) in [6.45, 7) is 1.95. The first-order chi connectivity index (χ1) is 8.11. The van der Waals surface area contributed by atoms with Crippen molar-refractivity contribution in [1.29, 1.82) is 0 Å². The first kappa shape index (κ1) is 11.0. The zero-order chi connectivity index (χ0) is 12.0. The quantitative estimate of drug-likeness (QED) is 0.745. The summed E-state index contributed by atoms with van der Waals surface area (Å²) in [5, 5.41) is 0. The standard InChI is InChI=1S/C13H17FN2O/c1-16-6-4-13(5-7-16)12(15)10-3-2-9(14)8-11(10)17-13/h2-3,8,12H,4-7,15H2,1H3/t12-/m0/s1. The van der Waals surface area contributed by atoms with Crippen molar-refractivity contribution in [1.82, 2.24) is 4.90 Å². The van der Waals surface area contributed by atoms with Gasteiger partial charge in [-0.1, -0.05) is 6.07 Å². The fourth-order valence-electron chi connectivity index (χ4n) is 2.83. The van der Waals surface area contributed by atoms with Crippen LogP contribution >= 0.6 is 0 Å². The van der Waals surface area contributed by atoms with Gasteiger partial charge in [-0.25, -0.2) is 4.39 Å². The van der Waals surface area contributed by atoms with E-state index >= 15 is 0 Å². The zero-order valence-electron chi connectivity index (χ0n) is 9.95. The predicted molar refractivity (Wildman–Crippen MR) is 63.4 cm³/mol. The molecule has 0 unspecified atom stereocenters. The monoisotopic (exact) mass is 236 g/mol. The molecule has 2 heterocycles. The van der Waals surface area contributed by atoms with E-state index < -0.39 is 0 Å². The topological polar surface area (TPSA) is 38.5 Å². The van der Waals surface area contributed by atoms with E-state index in [1.165, 1.54) is 12.1 Å². The summed E-state index contributed by atoms with van der Waals surface area (Å²) in [6, 6.07) is 4.52. The number of piperidine rings is 1. The Morgan fingerprint density at radius 3 is 2.82 bits per heavy atom. The van der Waals surface area contributed by atoms with Crippen molar-refractivity contribution in [3.8, 4) is 5.75 Å². The molecule has 1 fully saturated rings. The molecule has 1 atom stereocenters. The van der Waals surface area contributed by atoms with E-state index in [9.17, 15) is 4.39 Å². The first-order valence-electron chi connectivity index (χ1n) is 6.03. The molecule has 3 nitrogen and oxygen atoms in total. The summed E-state index contributed by atoms with van der Waals surface area (Å²) in [6.07, 6.45) is 1.81. The van der Waals surface area contributed by atoms with Crippen molar-refractivity contribution >= 4 is 0 Å². The van der Waals surface area contributed by atoms with Crippen LogP contribution < -0.4 is 10.5 Å². The number of nitrogens with two attached hydrogens (primary N) is 1. The van der Waals surface area contributed by atoms with Crippen LogP contribution in [0.25, 0.3) is 0 Å². The molecular formula is C13H17FN2O. The number of fused-ring (bicyclic) bond motifs is 1. The Hall–Kier alpha value is -1.13. The molecule has 0 aliphatic carbocycles. The van der Waals surface area contributed by atoms with Gasteiger partial charge in [0.2, 0.25) is 0 Å². The Morgan fingerprint density at radius 1 is 1.41 bits per heavy atom. The van der Waals surface area contributed by atoms with Gasteiger partial charge in [0.1, 0.15) is 17.2 Å². The van der Waals surface area contributed by atoms with Gasteiger partial charge in [-0.3, -0.25) is 0 Å². The normalized spacial score (nSPS) is 26.9. The summed E-state index contributed by atoms with van der Waals surface area (Å²) in [5.41, 5.74) is 6.91. The van der Waals surface area contributed by atoms with Crippen LogP contribution in [0.15, 0.2) is 18.2 Å². The van der Waals surface area contributed by atoms with Crippen LogP contribution in [0, 0.1) is 5.82 Å². The first-order valence-corrected chi connectivity index (χ1v) is 6.03. The molecule has 0 saturated carbocycles. The van der Waals surface area contributed by atoms with Crippen LogP contribution in [-0.4, -0.2) is 30.6 Å². The van der Waals surface area contributed by atoms with Gasteiger partial charge in [0.15, 0.2) is 0 Å². The van der Waals surface area contributed by atoms with Gasteiger partial charge in [0.05, 0.1) is 6.04 Å². The molecule has 0 bridgehead atoms. The fourth-order valence-corrected chi connectivity index (χ4v) is 2.83. The molecule has 2 N–H and O–H groups in total. The summed E-state index contributed by atoms with van der Waals surface area (Å²) in [7, 11) is 2.10. The van der Waals surface area contributed by atoms with E-state index in [1.54, 1.807) is 6.07 Å². The van der Waals surface area contributed by atoms with Crippen molar-refractivity contribution in [2.75, 3.05) is 20.1 Å². The number of ether oxygens (including phenoxy) is 1. The van der Waals surface area contributed by atoms with E-state index in [4.69, 9.17) is 10.5 Å². The highest BCUT2D eigenvalue weighted by Crippen LogP contribution is 2.46. The fraction of sp³-hybridized carbons (Fsp3) is 0.538. The smallest absolute Gasteiger partial charge is 0.131 e. The summed E-state index contributed by atoms with van der Waals surface area (Å²) < 4.78 is 19.2. The van der Waals surface area contributed by atoms with Crippen LogP contribution in [0.1, 0.15) is 24.4 Å². The van der Waals surface area contributed by atoms with Gasteiger partial charge in [0, 0.05) is 37.6 Å². The van der Waals surface area contributed by atoms with E-state index in [-0.39, 0.29) is 17.5 Å². The molecule has 4 heteroatoms. The number of rotatable bonds is 0. The van der Waals surface area contributed by atoms with Crippen LogP contribution in [0.4, 0.5) is 4.39 Å². The number of benzene rings is 1. The minimum atomic E-state index is -0.317. The molecule has 2 aliphatic rings. The molecule has 0 amide bonds. The van der Waals surface area contributed by atoms with Crippen molar-refractivity contribution in [3.05, 3.63) is 29.6 Å². The van der Waals surface area contributed by atoms with Gasteiger partial charge in [-0.15, -0.1) is 0 Å². The van der Waals surface area contributed by atoms with Crippen LogP contribution in [0.3, 0.4) is 0 Å². The molecule has 1 aromatic rings. The predicted octanol–water partition coefficient (Wildman–Crippen LogP) is 1.68. The van der Waals surface area contributed by atoms with Crippen molar-refractivity contribution in [2.24, 2.45) is 5.73 Å². The number of halogens is 1. The highest BCUT2D eigenvalue weighted by Gasteiger charge is 2.47. The van der Waals surface area contributed by atoms with Gasteiger partial charge in [-0.2, -0.15) is 0 Å². The van der Waals surface area contributed by atoms with Crippen molar-refractivity contribution in [3.63, 3.8) is 0 Å². The third-order valence-electron chi connectivity index (χ3n) is 4.02. The van der Waals surface area contributed by atoms with Crippen LogP contribution in [0.5, 0.6) is 5.75 Å². The average Bonchev–Trinajstić information content (AvgIpc) is 2.57. The third-order valence-corrected chi connectivity index (χ3v) is 4.02. The molecule has 0 aromatic heterocycles. The molecule has 1 spiro atoms. The molecule has 1 aromatic carbocycles.